The summed E-state index contributed by atoms with van der Waals surface area (Å²) in [4.78, 5) is 27.7. The van der Waals surface area contributed by atoms with Crippen molar-refractivity contribution in [3.8, 4) is 0 Å². The normalized spacial score (nSPS) is 19.0. The molecule has 5 nitrogen and oxygen atoms in total. The van der Waals surface area contributed by atoms with Crippen LogP contribution in [-0.2, 0) is 11.3 Å². The fraction of sp³-hybridized carbons (Fsp3) is 0.462. The summed E-state index contributed by atoms with van der Waals surface area (Å²) in [5, 5.41) is 2.96. The zero-order valence-electron chi connectivity index (χ0n) is 18.9. The highest BCUT2D eigenvalue weighted by Crippen LogP contribution is 2.28. The number of nitrogens with one attached hydrogen (secondary N) is 1. The van der Waals surface area contributed by atoms with Crippen molar-refractivity contribution in [2.75, 3.05) is 5.32 Å². The average Bonchev–Trinajstić information content (AvgIpc) is 2.72. The molecule has 0 radical (unpaired) electrons. The van der Waals surface area contributed by atoms with Gasteiger partial charge in [0, 0.05) is 36.3 Å². The molecule has 0 bridgehead atoms. The molecule has 3 rings (SSSR count). The van der Waals surface area contributed by atoms with E-state index in [9.17, 15) is 9.59 Å². The standard InChI is InChI=1S/C26H35N3O2/c1-26(2,3)17-24(30)29(23-15-8-7-14-22(23)27)18-19-10-9-13-21(16-19)28-25(31)20-11-5-4-6-12-20/h4-6,9-13,16,22-23H,7-8,14-15,17-18,27H2,1-3H3,(H,28,31). The number of benzene rings is 2. The summed E-state index contributed by atoms with van der Waals surface area (Å²) < 4.78 is 0. The quantitative estimate of drug-likeness (QED) is 0.691. The van der Waals surface area contributed by atoms with E-state index in [0.717, 1.165) is 36.9 Å². The van der Waals surface area contributed by atoms with E-state index < -0.39 is 0 Å². The summed E-state index contributed by atoms with van der Waals surface area (Å²) >= 11 is 0. The minimum absolute atomic E-state index is 0.0126. The van der Waals surface area contributed by atoms with Crippen LogP contribution in [0.25, 0.3) is 0 Å². The lowest BCUT2D eigenvalue weighted by Crippen LogP contribution is -2.52. The van der Waals surface area contributed by atoms with Crippen LogP contribution in [0.15, 0.2) is 54.6 Å². The second-order valence-electron chi connectivity index (χ2n) is 9.80. The van der Waals surface area contributed by atoms with E-state index in [2.05, 4.69) is 26.1 Å². The lowest BCUT2D eigenvalue weighted by Gasteiger charge is -2.39. The third-order valence-corrected chi connectivity index (χ3v) is 5.76. The van der Waals surface area contributed by atoms with Gasteiger partial charge in [0.1, 0.15) is 0 Å². The van der Waals surface area contributed by atoms with Crippen LogP contribution in [0.2, 0.25) is 0 Å². The smallest absolute Gasteiger partial charge is 0.255 e. The molecule has 1 aliphatic rings. The Morgan fingerprint density at radius 3 is 2.42 bits per heavy atom. The zero-order valence-corrected chi connectivity index (χ0v) is 18.9. The van der Waals surface area contributed by atoms with E-state index in [0.29, 0.717) is 18.5 Å². The first-order valence-electron chi connectivity index (χ1n) is 11.2. The molecule has 3 N–H and O–H groups in total. The fourth-order valence-electron chi connectivity index (χ4n) is 4.21. The van der Waals surface area contributed by atoms with Crippen LogP contribution in [0.5, 0.6) is 0 Å². The van der Waals surface area contributed by atoms with Crippen LogP contribution in [0.4, 0.5) is 5.69 Å². The van der Waals surface area contributed by atoms with Crippen molar-refractivity contribution in [1.82, 2.24) is 4.90 Å². The molecule has 1 saturated carbocycles. The van der Waals surface area contributed by atoms with Gasteiger partial charge in [0.15, 0.2) is 0 Å². The Hall–Kier alpha value is -2.66. The van der Waals surface area contributed by atoms with Gasteiger partial charge in [-0.2, -0.15) is 0 Å². The highest BCUT2D eigenvalue weighted by Gasteiger charge is 2.32. The van der Waals surface area contributed by atoms with E-state index in [1.54, 1.807) is 12.1 Å². The zero-order chi connectivity index (χ0) is 22.4. The van der Waals surface area contributed by atoms with Crippen LogP contribution >= 0.6 is 0 Å². The molecule has 0 spiro atoms. The molecule has 0 saturated heterocycles. The monoisotopic (exact) mass is 421 g/mol. The van der Waals surface area contributed by atoms with Crippen molar-refractivity contribution in [1.29, 1.82) is 0 Å². The van der Waals surface area contributed by atoms with Crippen molar-refractivity contribution < 1.29 is 9.59 Å². The summed E-state index contributed by atoms with van der Waals surface area (Å²) in [5.74, 6) is 0.00120. The van der Waals surface area contributed by atoms with Crippen molar-refractivity contribution in [3.63, 3.8) is 0 Å². The molecule has 0 aromatic heterocycles. The number of rotatable bonds is 6. The molecule has 1 fully saturated rings. The van der Waals surface area contributed by atoms with Crippen molar-refractivity contribution in [2.45, 2.75) is 71.5 Å². The molecule has 2 aromatic carbocycles. The molecule has 2 atom stereocenters. The number of anilines is 1. The largest absolute Gasteiger partial charge is 0.334 e. The molecule has 5 heteroatoms. The Kier molecular flexibility index (Phi) is 7.50. The molecule has 31 heavy (non-hydrogen) atoms. The predicted molar refractivity (Wildman–Crippen MR) is 126 cm³/mol. The van der Waals surface area contributed by atoms with Crippen LogP contribution in [0, 0.1) is 5.41 Å². The molecular weight excluding hydrogens is 386 g/mol. The summed E-state index contributed by atoms with van der Waals surface area (Å²) in [7, 11) is 0. The first-order chi connectivity index (χ1) is 14.7. The minimum atomic E-state index is -0.146. The highest BCUT2D eigenvalue weighted by atomic mass is 16.2. The second-order valence-corrected chi connectivity index (χ2v) is 9.80. The van der Waals surface area contributed by atoms with Gasteiger partial charge in [-0.05, 0) is 48.1 Å². The third kappa shape index (κ3) is 6.66. The molecule has 166 valence electrons. The SMILES string of the molecule is CC(C)(C)CC(=O)N(Cc1cccc(NC(=O)c2ccccc2)c1)C1CCCCC1N. The molecule has 2 aromatic rings. The van der Waals surface area contributed by atoms with Gasteiger partial charge in [0.25, 0.3) is 5.91 Å². The average molecular weight is 422 g/mol. The second kappa shape index (κ2) is 10.1. The predicted octanol–water partition coefficient (Wildman–Crippen LogP) is 4.97. The van der Waals surface area contributed by atoms with Gasteiger partial charge in [-0.15, -0.1) is 0 Å². The molecular formula is C26H35N3O2. The molecule has 0 aliphatic heterocycles. The van der Waals surface area contributed by atoms with Gasteiger partial charge >= 0.3 is 0 Å². The summed E-state index contributed by atoms with van der Waals surface area (Å²) in [6.07, 6.45) is 4.62. The van der Waals surface area contributed by atoms with Crippen molar-refractivity contribution >= 4 is 17.5 Å². The molecule has 2 amide bonds. The Bertz CT molecular complexity index is 889. The van der Waals surface area contributed by atoms with Crippen LogP contribution < -0.4 is 11.1 Å². The number of carbonyl (C=O) groups excluding carboxylic acids is 2. The number of hydrogen-bond donors (Lipinski definition) is 2. The van der Waals surface area contributed by atoms with E-state index in [4.69, 9.17) is 5.73 Å². The summed E-state index contributed by atoms with van der Waals surface area (Å²) in [5.41, 5.74) is 8.69. The maximum absolute atomic E-state index is 13.3. The van der Waals surface area contributed by atoms with Crippen molar-refractivity contribution in [3.05, 3.63) is 65.7 Å². The van der Waals surface area contributed by atoms with Gasteiger partial charge < -0.3 is 16.0 Å². The van der Waals surface area contributed by atoms with Crippen LogP contribution in [-0.4, -0.2) is 28.8 Å². The minimum Gasteiger partial charge on any atom is -0.334 e. The van der Waals surface area contributed by atoms with E-state index in [1.807, 2.05) is 47.4 Å². The Morgan fingerprint density at radius 2 is 1.74 bits per heavy atom. The first-order valence-corrected chi connectivity index (χ1v) is 11.2. The third-order valence-electron chi connectivity index (χ3n) is 5.76. The van der Waals surface area contributed by atoms with Gasteiger partial charge in [0.2, 0.25) is 5.91 Å². The molecule has 1 aliphatic carbocycles. The van der Waals surface area contributed by atoms with Gasteiger partial charge in [-0.3, -0.25) is 9.59 Å². The first kappa shape index (κ1) is 23.0. The Morgan fingerprint density at radius 1 is 1.03 bits per heavy atom. The summed E-state index contributed by atoms with van der Waals surface area (Å²) in [6.45, 7) is 6.76. The highest BCUT2D eigenvalue weighted by molar-refractivity contribution is 6.04. The lowest BCUT2D eigenvalue weighted by molar-refractivity contribution is -0.137. The Labute approximate surface area is 186 Å². The molecule has 2 unspecified atom stereocenters. The number of hydrogen-bond acceptors (Lipinski definition) is 3. The number of amides is 2. The maximum Gasteiger partial charge on any atom is 0.255 e. The Balaban J connectivity index is 1.78. The van der Waals surface area contributed by atoms with E-state index in [1.165, 1.54) is 0 Å². The van der Waals surface area contributed by atoms with Gasteiger partial charge in [0.05, 0.1) is 0 Å². The number of nitrogens with two attached hydrogens (primary N) is 1. The van der Waals surface area contributed by atoms with Crippen LogP contribution in [0.1, 0.15) is 68.8 Å². The van der Waals surface area contributed by atoms with Crippen LogP contribution in [0.3, 0.4) is 0 Å². The number of carbonyl (C=O) groups is 2. The van der Waals surface area contributed by atoms with Gasteiger partial charge in [-0.25, -0.2) is 0 Å². The fourth-order valence-corrected chi connectivity index (χ4v) is 4.21. The van der Waals surface area contributed by atoms with E-state index in [-0.39, 0.29) is 29.3 Å². The number of nitrogens with zero attached hydrogens (tertiary/aromatic N) is 1. The van der Waals surface area contributed by atoms with E-state index >= 15 is 0 Å². The summed E-state index contributed by atoms with van der Waals surface area (Å²) in [6, 6.07) is 17.0. The topological polar surface area (TPSA) is 75.4 Å². The molecule has 0 heterocycles. The van der Waals surface area contributed by atoms with Crippen molar-refractivity contribution in [2.24, 2.45) is 11.1 Å². The lowest BCUT2D eigenvalue weighted by atomic mass is 9.87. The maximum atomic E-state index is 13.3. The van der Waals surface area contributed by atoms with Gasteiger partial charge in [-0.1, -0.05) is 63.9 Å².